The SMILES string of the molecule is Cc1ccc(-c2c3cc(C)c(C)cc3c(C(=C3N=C(c4ccccc4)C=C3c3ccccc3)c3ccccc3)n2B(F)F)cc1. The first-order valence-electron chi connectivity index (χ1n) is 15.1. The van der Waals surface area contributed by atoms with Crippen LogP contribution in [0.2, 0.25) is 0 Å². The molecule has 45 heavy (non-hydrogen) atoms. The van der Waals surface area contributed by atoms with E-state index in [4.69, 9.17) is 4.99 Å². The minimum atomic E-state index is -2.80. The second-order valence-electron chi connectivity index (χ2n) is 11.6. The van der Waals surface area contributed by atoms with E-state index in [-0.39, 0.29) is 0 Å². The average molecular weight is 589 g/mol. The molecule has 0 unspecified atom stereocenters. The molecule has 0 bridgehead atoms. The van der Waals surface area contributed by atoms with Gasteiger partial charge in [-0.05, 0) is 66.8 Å². The van der Waals surface area contributed by atoms with Crippen LogP contribution in [0.25, 0.3) is 33.2 Å². The maximum Gasteiger partial charge on any atom is 0.678 e. The first-order chi connectivity index (χ1) is 21.9. The Morgan fingerprint density at radius 2 is 1.18 bits per heavy atom. The van der Waals surface area contributed by atoms with Gasteiger partial charge in [0.25, 0.3) is 0 Å². The summed E-state index contributed by atoms with van der Waals surface area (Å²) in [7, 11) is -2.80. The highest BCUT2D eigenvalue weighted by atomic mass is 19.2. The van der Waals surface area contributed by atoms with Crippen LogP contribution in [0.1, 0.15) is 39.1 Å². The lowest BCUT2D eigenvalue weighted by atomic mass is 9.91. The van der Waals surface area contributed by atoms with E-state index in [1.54, 1.807) is 0 Å². The van der Waals surface area contributed by atoms with E-state index in [9.17, 15) is 0 Å². The van der Waals surface area contributed by atoms with Crippen LogP contribution in [0.5, 0.6) is 0 Å². The van der Waals surface area contributed by atoms with Gasteiger partial charge < -0.3 is 4.48 Å². The van der Waals surface area contributed by atoms with E-state index >= 15 is 8.63 Å². The second-order valence-corrected chi connectivity index (χ2v) is 11.6. The quantitative estimate of drug-likeness (QED) is 0.172. The van der Waals surface area contributed by atoms with E-state index in [1.807, 2.05) is 136 Å². The Labute approximate surface area is 262 Å². The predicted octanol–water partition coefficient (Wildman–Crippen LogP) is 10.4. The molecule has 0 spiro atoms. The summed E-state index contributed by atoms with van der Waals surface area (Å²) in [5.41, 5.74) is 10.7. The largest absolute Gasteiger partial charge is 0.678 e. The summed E-state index contributed by atoms with van der Waals surface area (Å²) < 4.78 is 32.6. The third kappa shape index (κ3) is 5.14. The number of hydrogen-bond donors (Lipinski definition) is 0. The molecule has 2 heterocycles. The van der Waals surface area contributed by atoms with Crippen molar-refractivity contribution >= 4 is 35.0 Å². The van der Waals surface area contributed by atoms with Gasteiger partial charge in [0.05, 0.1) is 17.1 Å². The maximum atomic E-state index is 15.7. The molecule has 0 saturated heterocycles. The molecule has 5 heteroatoms. The first-order valence-corrected chi connectivity index (χ1v) is 15.1. The smallest absolute Gasteiger partial charge is 0.324 e. The van der Waals surface area contributed by atoms with E-state index in [0.29, 0.717) is 22.7 Å². The van der Waals surface area contributed by atoms with Crippen molar-refractivity contribution < 1.29 is 8.63 Å². The molecular weight excluding hydrogens is 557 g/mol. The summed E-state index contributed by atoms with van der Waals surface area (Å²) >= 11 is 0. The van der Waals surface area contributed by atoms with Crippen LogP contribution >= 0.6 is 0 Å². The molecule has 0 fully saturated rings. The number of benzene rings is 5. The number of aliphatic imine (C=N–C) groups is 1. The summed E-state index contributed by atoms with van der Waals surface area (Å²) in [4.78, 5) is 5.26. The number of hydrogen-bond acceptors (Lipinski definition) is 1. The highest BCUT2D eigenvalue weighted by Gasteiger charge is 2.33. The molecule has 7 rings (SSSR count). The van der Waals surface area contributed by atoms with Crippen molar-refractivity contribution in [2.45, 2.75) is 20.8 Å². The molecule has 0 saturated carbocycles. The molecule has 0 atom stereocenters. The van der Waals surface area contributed by atoms with Crippen LogP contribution in [0.4, 0.5) is 8.63 Å². The van der Waals surface area contributed by atoms with Crippen molar-refractivity contribution in [2.75, 3.05) is 0 Å². The van der Waals surface area contributed by atoms with Crippen LogP contribution in [0.3, 0.4) is 0 Å². The minimum Gasteiger partial charge on any atom is -0.324 e. The third-order valence-corrected chi connectivity index (χ3v) is 8.60. The van der Waals surface area contributed by atoms with Gasteiger partial charge in [-0.2, -0.15) is 0 Å². The van der Waals surface area contributed by atoms with Crippen molar-refractivity contribution in [2.24, 2.45) is 4.99 Å². The van der Waals surface area contributed by atoms with Gasteiger partial charge in [-0.1, -0.05) is 121 Å². The molecule has 0 N–H and O–H groups in total. The zero-order valence-electron chi connectivity index (χ0n) is 25.4. The predicted molar refractivity (Wildman–Crippen MR) is 185 cm³/mol. The lowest BCUT2D eigenvalue weighted by Crippen LogP contribution is -2.18. The number of aromatic nitrogens is 1. The molecular formula is C40H31BF2N2. The van der Waals surface area contributed by atoms with Gasteiger partial charge in [0.2, 0.25) is 0 Å². The third-order valence-electron chi connectivity index (χ3n) is 8.60. The average Bonchev–Trinajstić information content (AvgIpc) is 3.64. The van der Waals surface area contributed by atoms with Crippen LogP contribution in [-0.4, -0.2) is 17.6 Å². The Morgan fingerprint density at radius 1 is 0.622 bits per heavy atom. The molecule has 1 aromatic heterocycles. The fourth-order valence-electron chi connectivity index (χ4n) is 6.23. The number of fused-ring (bicyclic) bond motifs is 1. The Morgan fingerprint density at radius 3 is 1.78 bits per heavy atom. The summed E-state index contributed by atoms with van der Waals surface area (Å²) in [6, 6.07) is 41.8. The molecule has 1 aliphatic rings. The van der Waals surface area contributed by atoms with Crippen LogP contribution in [0, 0.1) is 20.8 Å². The topological polar surface area (TPSA) is 17.3 Å². The first kappa shape index (κ1) is 28.5. The van der Waals surface area contributed by atoms with Gasteiger partial charge in [0.1, 0.15) is 0 Å². The van der Waals surface area contributed by atoms with Gasteiger partial charge in [0, 0.05) is 33.2 Å². The molecule has 0 aliphatic carbocycles. The molecule has 6 aromatic rings. The fourth-order valence-corrected chi connectivity index (χ4v) is 6.23. The Balaban J connectivity index is 1.66. The number of rotatable bonds is 6. The summed E-state index contributed by atoms with van der Waals surface area (Å²) in [6.45, 7) is 6.08. The molecule has 218 valence electrons. The van der Waals surface area contributed by atoms with Gasteiger partial charge in [0.15, 0.2) is 0 Å². The molecule has 2 nitrogen and oxygen atoms in total. The van der Waals surface area contributed by atoms with E-state index < -0.39 is 7.40 Å². The van der Waals surface area contributed by atoms with Crippen molar-refractivity contribution in [1.29, 1.82) is 0 Å². The van der Waals surface area contributed by atoms with E-state index in [0.717, 1.165) is 61.0 Å². The van der Waals surface area contributed by atoms with Crippen molar-refractivity contribution in [3.8, 4) is 11.3 Å². The molecule has 5 aromatic carbocycles. The molecule has 1 aliphatic heterocycles. The van der Waals surface area contributed by atoms with Gasteiger partial charge in [-0.25, -0.2) is 4.99 Å². The van der Waals surface area contributed by atoms with Crippen LogP contribution in [0.15, 0.2) is 144 Å². The standard InChI is InChI=1S/C40H31BF2N2/c1-26-19-21-32(22-20-26)39-34-23-27(2)28(3)24-35(34)40(45(39)41(42)43)37(31-17-11-6-12-18-31)38-33(29-13-7-4-8-14-29)25-36(44-38)30-15-9-5-10-16-30/h4-25H,1-3H3. The van der Waals surface area contributed by atoms with Crippen LogP contribution in [-0.2, 0) is 0 Å². The Kier molecular flexibility index (Phi) is 7.38. The minimum absolute atomic E-state index is 0.458. The number of allylic oxidation sites excluding steroid dienone is 2. The lowest BCUT2D eigenvalue weighted by molar-refractivity contribution is 0.630. The summed E-state index contributed by atoms with van der Waals surface area (Å²) in [5, 5.41) is 1.57. The number of halogens is 2. The number of nitrogens with zero attached hydrogens (tertiary/aromatic N) is 2. The van der Waals surface area contributed by atoms with E-state index in [1.165, 1.54) is 4.48 Å². The van der Waals surface area contributed by atoms with Crippen molar-refractivity contribution in [3.63, 3.8) is 0 Å². The summed E-state index contributed by atoms with van der Waals surface area (Å²) in [5.74, 6) is 0. The molecule has 0 amide bonds. The Bertz CT molecular complexity index is 2120. The second kappa shape index (κ2) is 11.7. The van der Waals surface area contributed by atoms with Gasteiger partial charge in [-0.3, -0.25) is 8.63 Å². The van der Waals surface area contributed by atoms with Crippen molar-refractivity contribution in [1.82, 2.24) is 4.48 Å². The zero-order chi connectivity index (χ0) is 31.1. The fraction of sp³-hybridized carbons (Fsp3) is 0.0750. The number of aryl methyl sites for hydroxylation is 3. The highest BCUT2D eigenvalue weighted by molar-refractivity contribution is 6.44. The zero-order valence-corrected chi connectivity index (χ0v) is 25.4. The van der Waals surface area contributed by atoms with E-state index in [2.05, 4.69) is 18.2 Å². The monoisotopic (exact) mass is 588 g/mol. The van der Waals surface area contributed by atoms with Gasteiger partial charge in [-0.15, -0.1) is 0 Å². The Hall–Kier alpha value is -5.29. The van der Waals surface area contributed by atoms with Gasteiger partial charge >= 0.3 is 7.40 Å². The van der Waals surface area contributed by atoms with Crippen LogP contribution < -0.4 is 0 Å². The highest BCUT2D eigenvalue weighted by Crippen LogP contribution is 2.45. The maximum absolute atomic E-state index is 15.7. The molecule has 0 radical (unpaired) electrons. The summed E-state index contributed by atoms with van der Waals surface area (Å²) in [6.07, 6.45) is 2.08. The van der Waals surface area contributed by atoms with Crippen molar-refractivity contribution in [3.05, 3.63) is 178 Å². The normalized spacial score (nSPS) is 14.0. The lowest BCUT2D eigenvalue weighted by Gasteiger charge is -2.18.